The van der Waals surface area contributed by atoms with E-state index in [4.69, 9.17) is 25.4 Å². The number of anilines is 1. The Morgan fingerprint density at radius 2 is 1.85 bits per heavy atom. The Balaban J connectivity index is 2.34. The lowest BCUT2D eigenvalue weighted by Crippen LogP contribution is -2.22. The van der Waals surface area contributed by atoms with Crippen molar-refractivity contribution in [2.45, 2.75) is 13.0 Å². The van der Waals surface area contributed by atoms with Crippen LogP contribution in [0, 0.1) is 5.41 Å². The SMILES string of the molecule is CCOc1cc(C(Nc2ccc(C(=N)N)cc2)C(=O)OC)ccc1OC. The fourth-order valence-electron chi connectivity index (χ4n) is 2.45. The second-order valence-corrected chi connectivity index (χ2v) is 5.43. The lowest BCUT2D eigenvalue weighted by atomic mass is 10.1. The van der Waals surface area contributed by atoms with Crippen LogP contribution in [-0.4, -0.2) is 32.6 Å². The van der Waals surface area contributed by atoms with Crippen LogP contribution in [0.1, 0.15) is 24.1 Å². The molecule has 138 valence electrons. The summed E-state index contributed by atoms with van der Waals surface area (Å²) >= 11 is 0. The summed E-state index contributed by atoms with van der Waals surface area (Å²) in [5.74, 6) is 0.686. The number of benzene rings is 2. The normalized spacial score (nSPS) is 11.3. The third-order valence-electron chi connectivity index (χ3n) is 3.76. The minimum absolute atomic E-state index is 0.0161. The number of hydrogen-bond acceptors (Lipinski definition) is 6. The second-order valence-electron chi connectivity index (χ2n) is 5.43. The van der Waals surface area contributed by atoms with E-state index in [-0.39, 0.29) is 5.84 Å². The first-order valence-corrected chi connectivity index (χ1v) is 8.09. The van der Waals surface area contributed by atoms with Crippen LogP contribution < -0.4 is 20.5 Å². The quantitative estimate of drug-likeness (QED) is 0.381. The van der Waals surface area contributed by atoms with E-state index in [1.54, 1.807) is 49.6 Å². The van der Waals surface area contributed by atoms with Gasteiger partial charge < -0.3 is 25.3 Å². The minimum Gasteiger partial charge on any atom is -0.493 e. The van der Waals surface area contributed by atoms with Crippen molar-refractivity contribution >= 4 is 17.5 Å². The van der Waals surface area contributed by atoms with Crippen molar-refractivity contribution in [2.24, 2.45) is 5.73 Å². The van der Waals surface area contributed by atoms with E-state index < -0.39 is 12.0 Å². The first kappa shape index (κ1) is 19.1. The maximum Gasteiger partial charge on any atom is 0.332 e. The third-order valence-corrected chi connectivity index (χ3v) is 3.76. The Kier molecular flexibility index (Phi) is 6.43. The van der Waals surface area contributed by atoms with Gasteiger partial charge in [-0.15, -0.1) is 0 Å². The molecule has 26 heavy (non-hydrogen) atoms. The molecule has 7 heteroatoms. The highest BCUT2D eigenvalue weighted by molar-refractivity contribution is 5.95. The summed E-state index contributed by atoms with van der Waals surface area (Å²) in [5.41, 5.74) is 7.44. The van der Waals surface area contributed by atoms with E-state index in [0.29, 0.717) is 34.9 Å². The topological polar surface area (TPSA) is 107 Å². The summed E-state index contributed by atoms with van der Waals surface area (Å²) < 4.78 is 15.8. The number of methoxy groups -OCH3 is 2. The summed E-state index contributed by atoms with van der Waals surface area (Å²) in [6.45, 7) is 2.35. The van der Waals surface area contributed by atoms with E-state index >= 15 is 0 Å². The lowest BCUT2D eigenvalue weighted by molar-refractivity contribution is -0.141. The predicted octanol–water partition coefficient (Wildman–Crippen LogP) is 2.70. The highest BCUT2D eigenvalue weighted by Crippen LogP contribution is 2.32. The molecule has 0 saturated heterocycles. The van der Waals surface area contributed by atoms with Crippen LogP contribution in [0.5, 0.6) is 11.5 Å². The highest BCUT2D eigenvalue weighted by atomic mass is 16.5. The average molecular weight is 357 g/mol. The van der Waals surface area contributed by atoms with Crippen LogP contribution >= 0.6 is 0 Å². The number of hydrogen-bond donors (Lipinski definition) is 3. The maximum atomic E-state index is 12.3. The van der Waals surface area contributed by atoms with Crippen molar-refractivity contribution in [2.75, 3.05) is 26.1 Å². The van der Waals surface area contributed by atoms with E-state index in [0.717, 1.165) is 0 Å². The molecule has 1 unspecified atom stereocenters. The van der Waals surface area contributed by atoms with E-state index in [9.17, 15) is 4.79 Å². The Hall–Kier alpha value is -3.22. The molecule has 0 aliphatic carbocycles. The smallest absolute Gasteiger partial charge is 0.332 e. The highest BCUT2D eigenvalue weighted by Gasteiger charge is 2.23. The first-order chi connectivity index (χ1) is 12.5. The van der Waals surface area contributed by atoms with Gasteiger partial charge in [0.25, 0.3) is 0 Å². The number of nitrogen functional groups attached to an aromatic ring is 1. The molecule has 0 heterocycles. The fourth-order valence-corrected chi connectivity index (χ4v) is 2.45. The number of carbonyl (C=O) groups excluding carboxylic acids is 1. The molecular formula is C19H23N3O4. The van der Waals surface area contributed by atoms with Crippen molar-refractivity contribution < 1.29 is 19.0 Å². The van der Waals surface area contributed by atoms with Crippen LogP contribution in [0.4, 0.5) is 5.69 Å². The van der Waals surface area contributed by atoms with Gasteiger partial charge in [-0.3, -0.25) is 5.41 Å². The number of esters is 1. The molecule has 4 N–H and O–H groups in total. The van der Waals surface area contributed by atoms with Gasteiger partial charge >= 0.3 is 5.97 Å². The van der Waals surface area contributed by atoms with Crippen LogP contribution in [-0.2, 0) is 9.53 Å². The average Bonchev–Trinajstić information content (AvgIpc) is 2.66. The molecular weight excluding hydrogens is 334 g/mol. The van der Waals surface area contributed by atoms with Crippen LogP contribution in [0.25, 0.3) is 0 Å². The van der Waals surface area contributed by atoms with Gasteiger partial charge in [-0.1, -0.05) is 6.07 Å². The van der Waals surface area contributed by atoms with Gasteiger partial charge in [-0.2, -0.15) is 0 Å². The second kappa shape index (κ2) is 8.75. The van der Waals surface area contributed by atoms with Crippen molar-refractivity contribution in [1.29, 1.82) is 5.41 Å². The summed E-state index contributed by atoms with van der Waals surface area (Å²) in [6, 6.07) is 11.5. The third kappa shape index (κ3) is 4.44. The molecule has 2 aromatic rings. The van der Waals surface area contributed by atoms with E-state index in [1.807, 2.05) is 6.92 Å². The Morgan fingerprint density at radius 1 is 1.15 bits per heavy atom. The summed E-state index contributed by atoms with van der Waals surface area (Å²) in [4.78, 5) is 12.3. The van der Waals surface area contributed by atoms with Crippen molar-refractivity contribution in [3.8, 4) is 11.5 Å². The first-order valence-electron chi connectivity index (χ1n) is 8.09. The monoisotopic (exact) mass is 357 g/mol. The summed E-state index contributed by atoms with van der Waals surface area (Å²) in [6.07, 6.45) is 0. The van der Waals surface area contributed by atoms with Gasteiger partial charge in [0.05, 0.1) is 20.8 Å². The summed E-state index contributed by atoms with van der Waals surface area (Å²) in [5, 5.41) is 10.6. The van der Waals surface area contributed by atoms with Crippen molar-refractivity contribution in [3.63, 3.8) is 0 Å². The van der Waals surface area contributed by atoms with Crippen molar-refractivity contribution in [1.82, 2.24) is 0 Å². The molecule has 0 bridgehead atoms. The largest absolute Gasteiger partial charge is 0.493 e. The summed E-state index contributed by atoms with van der Waals surface area (Å²) in [7, 11) is 2.90. The molecule has 2 rings (SSSR count). The lowest BCUT2D eigenvalue weighted by Gasteiger charge is -2.20. The molecule has 1 atom stereocenters. The number of nitrogens with two attached hydrogens (primary N) is 1. The molecule has 0 radical (unpaired) electrons. The minimum atomic E-state index is -0.728. The van der Waals surface area contributed by atoms with Crippen LogP contribution in [0.15, 0.2) is 42.5 Å². The van der Waals surface area contributed by atoms with Gasteiger partial charge in [0.1, 0.15) is 5.84 Å². The molecule has 0 amide bonds. The van der Waals surface area contributed by atoms with Gasteiger partial charge in [0, 0.05) is 11.3 Å². The molecule has 0 aliphatic heterocycles. The number of rotatable bonds is 8. The predicted molar refractivity (Wildman–Crippen MR) is 100 cm³/mol. The molecule has 2 aromatic carbocycles. The zero-order chi connectivity index (χ0) is 19.1. The molecule has 0 saturated carbocycles. The van der Waals surface area contributed by atoms with E-state index in [1.165, 1.54) is 7.11 Å². The number of ether oxygens (including phenoxy) is 3. The number of nitrogens with one attached hydrogen (secondary N) is 2. The van der Waals surface area contributed by atoms with Crippen LogP contribution in [0.2, 0.25) is 0 Å². The van der Waals surface area contributed by atoms with Crippen LogP contribution in [0.3, 0.4) is 0 Å². The maximum absolute atomic E-state index is 12.3. The van der Waals surface area contributed by atoms with Gasteiger partial charge in [0.2, 0.25) is 0 Å². The van der Waals surface area contributed by atoms with E-state index in [2.05, 4.69) is 5.32 Å². The zero-order valence-electron chi connectivity index (χ0n) is 15.0. The van der Waals surface area contributed by atoms with Gasteiger partial charge in [-0.05, 0) is 48.9 Å². The molecule has 0 aliphatic rings. The fraction of sp³-hybridized carbons (Fsp3) is 0.263. The molecule has 0 aromatic heterocycles. The molecule has 0 fully saturated rings. The van der Waals surface area contributed by atoms with Gasteiger partial charge in [0.15, 0.2) is 17.5 Å². The Labute approximate surface area is 152 Å². The Morgan fingerprint density at radius 3 is 2.38 bits per heavy atom. The zero-order valence-corrected chi connectivity index (χ0v) is 15.0. The molecule has 0 spiro atoms. The standard InChI is InChI=1S/C19H23N3O4/c1-4-26-16-11-13(7-10-15(16)24-2)17(19(23)25-3)22-14-8-5-12(6-9-14)18(20)21/h5-11,17,22H,4H2,1-3H3,(H3,20,21). The molecule has 7 nitrogen and oxygen atoms in total. The number of carbonyl (C=O) groups is 1. The van der Waals surface area contributed by atoms with Gasteiger partial charge in [-0.25, -0.2) is 4.79 Å². The Bertz CT molecular complexity index is 775. The van der Waals surface area contributed by atoms with Crippen molar-refractivity contribution in [3.05, 3.63) is 53.6 Å². The number of amidine groups is 1.